The Morgan fingerprint density at radius 1 is 0.214 bits per heavy atom. The van der Waals surface area contributed by atoms with E-state index in [9.17, 15) is 0 Å². The lowest BCUT2D eigenvalue weighted by Gasteiger charge is -2.16. The van der Waals surface area contributed by atoms with Crippen LogP contribution in [0.1, 0.15) is 0 Å². The van der Waals surface area contributed by atoms with Crippen molar-refractivity contribution in [2.75, 3.05) is 0 Å². The lowest BCUT2D eigenvalue weighted by Crippen LogP contribution is -2.01. The third-order valence-corrected chi connectivity index (χ3v) is 10.5. The molecule has 262 valence electrons. The van der Waals surface area contributed by atoms with E-state index in [2.05, 4.69) is 182 Å². The molecule has 3 heteroatoms. The van der Waals surface area contributed by atoms with Gasteiger partial charge < -0.3 is 0 Å². The van der Waals surface area contributed by atoms with E-state index in [0.29, 0.717) is 17.5 Å². The van der Waals surface area contributed by atoms with E-state index < -0.39 is 0 Å². The molecule has 0 aliphatic heterocycles. The standard InChI is InChI=1S/C53H35N3/c1-5-17-36(18-6-1)43-25-13-16-28-47(43)52-54-51(39-23-11-4-12-24-39)55-53(56-52)48-32-31-44(45-26-14-15-27-46(45)48)41-30-29-40-34-49(37-19-7-2-8-20-37)50(35-42(40)33-41)38-21-9-3-10-22-38/h1-35H. The number of hydrogen-bond acceptors (Lipinski definition) is 3. The molecule has 0 atom stereocenters. The Morgan fingerprint density at radius 2 is 0.643 bits per heavy atom. The molecule has 0 spiro atoms. The Kier molecular flexibility index (Phi) is 8.51. The van der Waals surface area contributed by atoms with Crippen molar-refractivity contribution in [1.82, 2.24) is 15.0 Å². The van der Waals surface area contributed by atoms with Crippen molar-refractivity contribution in [3.8, 4) is 78.7 Å². The Morgan fingerprint density at radius 3 is 1.25 bits per heavy atom. The summed E-state index contributed by atoms with van der Waals surface area (Å²) in [5.74, 6) is 1.92. The lowest BCUT2D eigenvalue weighted by atomic mass is 9.89. The fourth-order valence-corrected chi connectivity index (χ4v) is 7.80. The second-order valence-electron chi connectivity index (χ2n) is 14.0. The van der Waals surface area contributed by atoms with Crippen LogP contribution in [0.3, 0.4) is 0 Å². The molecule has 0 radical (unpaired) electrons. The average Bonchev–Trinajstić information content (AvgIpc) is 3.29. The minimum Gasteiger partial charge on any atom is -0.208 e. The van der Waals surface area contributed by atoms with Crippen LogP contribution in [0.4, 0.5) is 0 Å². The molecule has 10 rings (SSSR count). The first-order valence-corrected chi connectivity index (χ1v) is 18.9. The van der Waals surface area contributed by atoms with Crippen molar-refractivity contribution >= 4 is 21.5 Å². The predicted molar refractivity (Wildman–Crippen MR) is 233 cm³/mol. The van der Waals surface area contributed by atoms with Crippen molar-refractivity contribution in [1.29, 1.82) is 0 Å². The number of nitrogens with zero attached hydrogens (tertiary/aromatic N) is 3. The molecular weight excluding hydrogens is 679 g/mol. The molecule has 0 fully saturated rings. The topological polar surface area (TPSA) is 38.7 Å². The molecule has 0 saturated heterocycles. The average molecular weight is 714 g/mol. The van der Waals surface area contributed by atoms with E-state index >= 15 is 0 Å². The molecule has 0 N–H and O–H groups in total. The number of rotatable bonds is 7. The van der Waals surface area contributed by atoms with Crippen LogP contribution in [-0.4, -0.2) is 15.0 Å². The zero-order valence-corrected chi connectivity index (χ0v) is 30.5. The van der Waals surface area contributed by atoms with Crippen LogP contribution >= 0.6 is 0 Å². The van der Waals surface area contributed by atoms with E-state index in [1.54, 1.807) is 0 Å². The summed E-state index contributed by atoms with van der Waals surface area (Å²) in [7, 11) is 0. The van der Waals surface area contributed by atoms with Gasteiger partial charge in [0.2, 0.25) is 0 Å². The molecule has 10 aromatic rings. The highest BCUT2D eigenvalue weighted by Crippen LogP contribution is 2.40. The van der Waals surface area contributed by atoms with Crippen LogP contribution < -0.4 is 0 Å². The summed E-state index contributed by atoms with van der Waals surface area (Å²) in [5.41, 5.74) is 12.2. The zero-order valence-electron chi connectivity index (χ0n) is 30.5. The molecule has 3 nitrogen and oxygen atoms in total. The van der Waals surface area contributed by atoms with Crippen LogP contribution in [-0.2, 0) is 0 Å². The normalized spacial score (nSPS) is 11.2. The van der Waals surface area contributed by atoms with Crippen molar-refractivity contribution in [3.05, 3.63) is 212 Å². The van der Waals surface area contributed by atoms with E-state index in [0.717, 1.165) is 49.7 Å². The molecule has 1 heterocycles. The molecule has 0 saturated carbocycles. The Balaban J connectivity index is 1.13. The van der Waals surface area contributed by atoms with E-state index in [4.69, 9.17) is 15.0 Å². The minimum atomic E-state index is 0.638. The van der Waals surface area contributed by atoms with Gasteiger partial charge >= 0.3 is 0 Å². The Labute approximate surface area is 326 Å². The molecule has 0 aliphatic rings. The molecule has 1 aromatic heterocycles. The van der Waals surface area contributed by atoms with Gasteiger partial charge in [-0.25, -0.2) is 15.0 Å². The summed E-state index contributed by atoms with van der Waals surface area (Å²) in [6.07, 6.45) is 0. The third-order valence-electron chi connectivity index (χ3n) is 10.5. The highest BCUT2D eigenvalue weighted by atomic mass is 15.0. The van der Waals surface area contributed by atoms with Crippen molar-refractivity contribution in [2.45, 2.75) is 0 Å². The van der Waals surface area contributed by atoms with Crippen LogP contribution in [0.25, 0.3) is 100 Å². The molecule has 9 aromatic carbocycles. The largest absolute Gasteiger partial charge is 0.208 e. The van der Waals surface area contributed by atoms with Gasteiger partial charge in [0.15, 0.2) is 17.5 Å². The van der Waals surface area contributed by atoms with Gasteiger partial charge in [-0.1, -0.05) is 188 Å². The molecule has 0 bridgehead atoms. The summed E-state index contributed by atoms with van der Waals surface area (Å²) in [4.78, 5) is 15.5. The zero-order chi connectivity index (χ0) is 37.3. The van der Waals surface area contributed by atoms with Gasteiger partial charge in [0.05, 0.1) is 0 Å². The monoisotopic (exact) mass is 713 g/mol. The summed E-state index contributed by atoms with van der Waals surface area (Å²) >= 11 is 0. The maximum absolute atomic E-state index is 5.23. The smallest absolute Gasteiger partial charge is 0.164 e. The summed E-state index contributed by atoms with van der Waals surface area (Å²) in [6, 6.07) is 74.8. The molecule has 0 unspecified atom stereocenters. The van der Waals surface area contributed by atoms with E-state index in [-0.39, 0.29) is 0 Å². The summed E-state index contributed by atoms with van der Waals surface area (Å²) in [5, 5.41) is 4.62. The van der Waals surface area contributed by atoms with Crippen LogP contribution in [0.2, 0.25) is 0 Å². The van der Waals surface area contributed by atoms with Gasteiger partial charge in [-0.3, -0.25) is 0 Å². The predicted octanol–water partition coefficient (Wildman–Crippen LogP) is 13.8. The number of aromatic nitrogens is 3. The minimum absolute atomic E-state index is 0.638. The van der Waals surface area contributed by atoms with Crippen molar-refractivity contribution in [3.63, 3.8) is 0 Å². The van der Waals surface area contributed by atoms with Gasteiger partial charge in [0, 0.05) is 16.7 Å². The van der Waals surface area contributed by atoms with Crippen LogP contribution in [0, 0.1) is 0 Å². The molecule has 56 heavy (non-hydrogen) atoms. The molecule has 0 amide bonds. The van der Waals surface area contributed by atoms with Gasteiger partial charge in [0.25, 0.3) is 0 Å². The van der Waals surface area contributed by atoms with Gasteiger partial charge in [-0.05, 0) is 90.3 Å². The highest BCUT2D eigenvalue weighted by molar-refractivity contribution is 6.06. The Hall–Kier alpha value is -7.49. The fourth-order valence-electron chi connectivity index (χ4n) is 7.80. The third kappa shape index (κ3) is 6.21. The fraction of sp³-hybridized carbons (Fsp3) is 0. The van der Waals surface area contributed by atoms with Crippen molar-refractivity contribution < 1.29 is 0 Å². The second kappa shape index (κ2) is 14.4. The SMILES string of the molecule is c1ccc(-c2nc(-c3ccccc3-c3ccccc3)nc(-c3ccc(-c4ccc5cc(-c6ccccc6)c(-c6ccccc6)cc5c4)c4ccccc34)n2)cc1. The Bertz CT molecular complexity index is 3000. The van der Waals surface area contributed by atoms with Gasteiger partial charge in [-0.15, -0.1) is 0 Å². The van der Waals surface area contributed by atoms with E-state index in [1.165, 1.54) is 33.0 Å². The first-order chi connectivity index (χ1) is 27.8. The number of benzene rings is 9. The van der Waals surface area contributed by atoms with E-state index in [1.807, 2.05) is 30.3 Å². The molecular formula is C53H35N3. The maximum atomic E-state index is 5.23. The second-order valence-corrected chi connectivity index (χ2v) is 14.0. The van der Waals surface area contributed by atoms with Crippen molar-refractivity contribution in [2.24, 2.45) is 0 Å². The number of fused-ring (bicyclic) bond motifs is 2. The quantitative estimate of drug-likeness (QED) is 0.165. The van der Waals surface area contributed by atoms with Gasteiger partial charge in [0.1, 0.15) is 0 Å². The maximum Gasteiger partial charge on any atom is 0.164 e. The van der Waals surface area contributed by atoms with Crippen LogP contribution in [0.5, 0.6) is 0 Å². The van der Waals surface area contributed by atoms with Crippen LogP contribution in [0.15, 0.2) is 212 Å². The first kappa shape index (κ1) is 33.1. The molecule has 0 aliphatic carbocycles. The highest BCUT2D eigenvalue weighted by Gasteiger charge is 2.18. The first-order valence-electron chi connectivity index (χ1n) is 18.9. The van der Waals surface area contributed by atoms with Gasteiger partial charge in [-0.2, -0.15) is 0 Å². The number of hydrogen-bond donors (Lipinski definition) is 0. The summed E-state index contributed by atoms with van der Waals surface area (Å²) < 4.78 is 0. The lowest BCUT2D eigenvalue weighted by molar-refractivity contribution is 1.08. The summed E-state index contributed by atoms with van der Waals surface area (Å²) in [6.45, 7) is 0.